The molecule has 0 spiro atoms. The predicted molar refractivity (Wildman–Crippen MR) is 128 cm³/mol. The lowest BCUT2D eigenvalue weighted by Gasteiger charge is -2.19. The van der Waals surface area contributed by atoms with Crippen LogP contribution in [0.3, 0.4) is 0 Å². The summed E-state index contributed by atoms with van der Waals surface area (Å²) in [6.45, 7) is 7.97. The van der Waals surface area contributed by atoms with Crippen LogP contribution in [0, 0.1) is 0 Å². The lowest BCUT2D eigenvalue weighted by Crippen LogP contribution is -2.23. The Balaban J connectivity index is 1.61. The Kier molecular flexibility index (Phi) is 7.28. The molecule has 0 unspecified atom stereocenters. The zero-order valence-electron chi connectivity index (χ0n) is 19.3. The topological polar surface area (TPSA) is 84.5 Å². The minimum Gasteiger partial charge on any atom is -0.427 e. The monoisotopic (exact) mass is 444 g/mol. The van der Waals surface area contributed by atoms with Crippen LogP contribution in [0.1, 0.15) is 59.5 Å². The van der Waals surface area contributed by atoms with Crippen molar-refractivity contribution in [1.82, 2.24) is 5.32 Å². The molecule has 6 heteroatoms. The highest BCUT2D eigenvalue weighted by atomic mass is 16.5. The minimum atomic E-state index is -0.448. The Morgan fingerprint density at radius 1 is 0.818 bits per heavy atom. The normalized spacial score (nSPS) is 10.9. The zero-order valence-corrected chi connectivity index (χ0v) is 19.3. The van der Waals surface area contributed by atoms with Gasteiger partial charge in [-0.25, -0.2) is 0 Å². The van der Waals surface area contributed by atoms with Crippen LogP contribution < -0.4 is 15.4 Å². The third-order valence-electron chi connectivity index (χ3n) is 5.01. The molecule has 2 N–H and O–H groups in total. The Morgan fingerprint density at radius 3 is 2.18 bits per heavy atom. The van der Waals surface area contributed by atoms with Crippen LogP contribution in [-0.4, -0.2) is 17.8 Å². The second-order valence-electron chi connectivity index (χ2n) is 8.79. The Bertz CT molecular complexity index is 1160. The number of esters is 1. The van der Waals surface area contributed by atoms with Gasteiger partial charge in [-0.3, -0.25) is 14.4 Å². The molecule has 3 aromatic rings. The van der Waals surface area contributed by atoms with E-state index < -0.39 is 5.97 Å². The molecule has 0 saturated carbocycles. The second-order valence-corrected chi connectivity index (χ2v) is 8.79. The summed E-state index contributed by atoms with van der Waals surface area (Å²) in [6.07, 6.45) is 0. The molecule has 3 aromatic carbocycles. The van der Waals surface area contributed by atoms with Gasteiger partial charge in [0.25, 0.3) is 11.8 Å². The van der Waals surface area contributed by atoms with Crippen LogP contribution in [-0.2, 0) is 16.8 Å². The first-order valence-corrected chi connectivity index (χ1v) is 10.7. The second kappa shape index (κ2) is 10.1. The fraction of sp³-hybridized carbons (Fsp3) is 0.222. The highest BCUT2D eigenvalue weighted by Gasteiger charge is 2.14. The van der Waals surface area contributed by atoms with Crippen LogP contribution in [0.5, 0.6) is 5.75 Å². The highest BCUT2D eigenvalue weighted by molar-refractivity contribution is 6.04. The molecule has 0 saturated heterocycles. The number of nitrogens with one attached hydrogen (secondary N) is 2. The molecule has 0 bridgehead atoms. The van der Waals surface area contributed by atoms with Crippen LogP contribution in [0.4, 0.5) is 5.69 Å². The summed E-state index contributed by atoms with van der Waals surface area (Å²) in [4.78, 5) is 36.2. The van der Waals surface area contributed by atoms with Gasteiger partial charge < -0.3 is 15.4 Å². The lowest BCUT2D eigenvalue weighted by atomic mass is 9.87. The summed E-state index contributed by atoms with van der Waals surface area (Å²) >= 11 is 0. The maximum atomic E-state index is 12.6. The molecule has 6 nitrogen and oxygen atoms in total. The van der Waals surface area contributed by atoms with Crippen LogP contribution >= 0.6 is 0 Å². The first-order chi connectivity index (χ1) is 15.6. The van der Waals surface area contributed by atoms with Crippen molar-refractivity contribution in [2.45, 2.75) is 39.7 Å². The summed E-state index contributed by atoms with van der Waals surface area (Å²) in [5, 5.41) is 5.74. The zero-order chi connectivity index (χ0) is 24.0. The molecular weight excluding hydrogens is 416 g/mol. The van der Waals surface area contributed by atoms with E-state index in [1.165, 1.54) is 13.0 Å². The smallest absolute Gasteiger partial charge is 0.308 e. The molecule has 0 aliphatic heterocycles. The van der Waals surface area contributed by atoms with Crippen molar-refractivity contribution < 1.29 is 19.1 Å². The van der Waals surface area contributed by atoms with Gasteiger partial charge >= 0.3 is 5.97 Å². The fourth-order valence-corrected chi connectivity index (χ4v) is 3.24. The van der Waals surface area contributed by atoms with Crippen molar-refractivity contribution in [2.75, 3.05) is 5.32 Å². The van der Waals surface area contributed by atoms with Crippen LogP contribution in [0.15, 0.2) is 72.8 Å². The number of amides is 2. The molecule has 0 radical (unpaired) electrons. The average Bonchev–Trinajstić information content (AvgIpc) is 2.77. The third kappa shape index (κ3) is 6.77. The van der Waals surface area contributed by atoms with Crippen molar-refractivity contribution >= 4 is 23.5 Å². The number of hydrogen-bond donors (Lipinski definition) is 2. The third-order valence-corrected chi connectivity index (χ3v) is 5.01. The lowest BCUT2D eigenvalue weighted by molar-refractivity contribution is -0.131. The molecule has 0 aliphatic carbocycles. The standard InChI is InChI=1S/C27H28N2O4/c1-18(30)33-24-10-6-8-21(16-24)25(31)28-17-19-7-5-9-23(15-19)29-26(32)20-11-13-22(14-12-20)27(2,3)4/h5-16H,17H2,1-4H3,(H,28,31)(H,29,32). The minimum absolute atomic E-state index is 0.0234. The Morgan fingerprint density at radius 2 is 1.52 bits per heavy atom. The molecule has 33 heavy (non-hydrogen) atoms. The maximum absolute atomic E-state index is 12.6. The van der Waals surface area contributed by atoms with Gasteiger partial charge in [0.1, 0.15) is 5.75 Å². The number of anilines is 1. The van der Waals surface area contributed by atoms with Crippen LogP contribution in [0.2, 0.25) is 0 Å². The number of ether oxygens (including phenoxy) is 1. The van der Waals surface area contributed by atoms with Crippen molar-refractivity contribution in [3.05, 3.63) is 95.1 Å². The van der Waals surface area contributed by atoms with E-state index in [-0.39, 0.29) is 23.8 Å². The van der Waals surface area contributed by atoms with Gasteiger partial charge in [0.05, 0.1) is 0 Å². The molecule has 3 rings (SSSR count). The summed E-state index contributed by atoms with van der Waals surface area (Å²) in [5.41, 5.74) is 3.63. The number of rotatable bonds is 6. The van der Waals surface area contributed by atoms with Crippen molar-refractivity contribution in [1.29, 1.82) is 0 Å². The van der Waals surface area contributed by atoms with Gasteiger partial charge in [-0.15, -0.1) is 0 Å². The quantitative estimate of drug-likeness (QED) is 0.410. The molecule has 2 amide bonds. The molecular formula is C27H28N2O4. The molecule has 0 fully saturated rings. The molecule has 0 aliphatic rings. The van der Waals surface area contributed by atoms with E-state index in [0.29, 0.717) is 22.6 Å². The molecule has 0 heterocycles. The van der Waals surface area contributed by atoms with E-state index in [1.54, 1.807) is 24.3 Å². The Labute approximate surface area is 194 Å². The van der Waals surface area contributed by atoms with E-state index in [1.807, 2.05) is 42.5 Å². The molecule has 0 atom stereocenters. The maximum Gasteiger partial charge on any atom is 0.308 e. The number of carbonyl (C=O) groups is 3. The van der Waals surface area contributed by atoms with Gasteiger partial charge in [-0.2, -0.15) is 0 Å². The largest absolute Gasteiger partial charge is 0.427 e. The van der Waals surface area contributed by atoms with Gasteiger partial charge in [0.2, 0.25) is 0 Å². The highest BCUT2D eigenvalue weighted by Crippen LogP contribution is 2.22. The van der Waals surface area contributed by atoms with Crippen LogP contribution in [0.25, 0.3) is 0 Å². The number of hydrogen-bond acceptors (Lipinski definition) is 4. The average molecular weight is 445 g/mol. The predicted octanol–water partition coefficient (Wildman–Crippen LogP) is 5.09. The van der Waals surface area contributed by atoms with Gasteiger partial charge in [0, 0.05) is 30.3 Å². The van der Waals surface area contributed by atoms with E-state index in [4.69, 9.17) is 4.74 Å². The number of benzene rings is 3. The van der Waals surface area contributed by atoms with Gasteiger partial charge in [-0.1, -0.05) is 51.1 Å². The summed E-state index contributed by atoms with van der Waals surface area (Å²) in [6, 6.07) is 21.3. The SMILES string of the molecule is CC(=O)Oc1cccc(C(=O)NCc2cccc(NC(=O)c3ccc(C(C)(C)C)cc3)c2)c1. The fourth-order valence-electron chi connectivity index (χ4n) is 3.24. The summed E-state index contributed by atoms with van der Waals surface area (Å²) < 4.78 is 5.02. The van der Waals surface area contributed by atoms with E-state index >= 15 is 0 Å². The molecule has 170 valence electrons. The summed E-state index contributed by atoms with van der Waals surface area (Å²) in [5.74, 6) is -0.622. The van der Waals surface area contributed by atoms with Gasteiger partial charge in [-0.05, 0) is 59.0 Å². The van der Waals surface area contributed by atoms with Crippen molar-refractivity contribution in [3.63, 3.8) is 0 Å². The van der Waals surface area contributed by atoms with Crippen molar-refractivity contribution in [3.8, 4) is 5.75 Å². The summed E-state index contributed by atoms with van der Waals surface area (Å²) in [7, 11) is 0. The van der Waals surface area contributed by atoms with Gasteiger partial charge in [0.15, 0.2) is 0 Å². The van der Waals surface area contributed by atoms with E-state index in [9.17, 15) is 14.4 Å². The van der Waals surface area contributed by atoms with E-state index in [0.717, 1.165) is 11.1 Å². The first-order valence-electron chi connectivity index (χ1n) is 10.7. The Hall–Kier alpha value is -3.93. The van der Waals surface area contributed by atoms with Crippen molar-refractivity contribution in [2.24, 2.45) is 0 Å². The first kappa shape index (κ1) is 23.7. The molecule has 0 aromatic heterocycles. The number of carbonyl (C=O) groups excluding carboxylic acids is 3. The van der Waals surface area contributed by atoms with E-state index in [2.05, 4.69) is 31.4 Å².